The van der Waals surface area contributed by atoms with Gasteiger partial charge in [0, 0.05) is 28.4 Å². The zero-order valence-electron chi connectivity index (χ0n) is 13.9. The third kappa shape index (κ3) is 2.00. The highest BCUT2D eigenvalue weighted by atomic mass is 15.0. The molecule has 0 aliphatic carbocycles. The monoisotopic (exact) mass is 299 g/mol. The SMILES string of the molecule is CCn1c2ccccc2c2c(C)c(-c3ccccc3C)ccc21. The molecule has 0 radical (unpaired) electrons. The van der Waals surface area contributed by atoms with Gasteiger partial charge in [0.1, 0.15) is 0 Å². The second kappa shape index (κ2) is 5.27. The van der Waals surface area contributed by atoms with E-state index in [4.69, 9.17) is 0 Å². The Morgan fingerprint density at radius 2 is 1.48 bits per heavy atom. The zero-order chi connectivity index (χ0) is 16.0. The van der Waals surface area contributed by atoms with Crippen LogP contribution in [0.2, 0.25) is 0 Å². The van der Waals surface area contributed by atoms with Crippen LogP contribution in [-0.2, 0) is 6.54 Å². The lowest BCUT2D eigenvalue weighted by Gasteiger charge is -2.11. The molecule has 4 rings (SSSR count). The van der Waals surface area contributed by atoms with Gasteiger partial charge in [-0.15, -0.1) is 0 Å². The van der Waals surface area contributed by atoms with Gasteiger partial charge in [-0.3, -0.25) is 0 Å². The van der Waals surface area contributed by atoms with Crippen LogP contribution in [0.1, 0.15) is 18.1 Å². The average Bonchev–Trinajstić information content (AvgIpc) is 2.90. The Bertz CT molecular complexity index is 1020. The van der Waals surface area contributed by atoms with E-state index < -0.39 is 0 Å². The van der Waals surface area contributed by atoms with Crippen molar-refractivity contribution in [2.75, 3.05) is 0 Å². The highest BCUT2D eigenvalue weighted by Crippen LogP contribution is 2.37. The lowest BCUT2D eigenvalue weighted by atomic mass is 9.94. The minimum atomic E-state index is 0.993. The van der Waals surface area contributed by atoms with Gasteiger partial charge < -0.3 is 4.57 Å². The van der Waals surface area contributed by atoms with Gasteiger partial charge in [-0.1, -0.05) is 48.5 Å². The van der Waals surface area contributed by atoms with E-state index in [1.165, 1.54) is 44.1 Å². The van der Waals surface area contributed by atoms with Crippen LogP contribution in [0, 0.1) is 13.8 Å². The van der Waals surface area contributed by atoms with Gasteiger partial charge in [0.15, 0.2) is 0 Å². The molecule has 0 fully saturated rings. The Balaban J connectivity index is 2.14. The Kier molecular flexibility index (Phi) is 3.23. The Morgan fingerprint density at radius 3 is 2.26 bits per heavy atom. The van der Waals surface area contributed by atoms with Crippen LogP contribution in [0.25, 0.3) is 32.9 Å². The quantitative estimate of drug-likeness (QED) is 0.421. The number of rotatable bonds is 2. The molecule has 4 aromatic rings. The van der Waals surface area contributed by atoms with Crippen molar-refractivity contribution in [1.29, 1.82) is 0 Å². The van der Waals surface area contributed by atoms with Crippen molar-refractivity contribution < 1.29 is 0 Å². The zero-order valence-corrected chi connectivity index (χ0v) is 13.9. The first-order chi connectivity index (χ1) is 11.2. The molecule has 0 unspecified atom stereocenters. The van der Waals surface area contributed by atoms with Crippen molar-refractivity contribution in [3.05, 3.63) is 71.8 Å². The number of fused-ring (bicyclic) bond motifs is 3. The third-order valence-electron chi connectivity index (χ3n) is 4.95. The van der Waals surface area contributed by atoms with Crippen molar-refractivity contribution in [2.24, 2.45) is 0 Å². The third-order valence-corrected chi connectivity index (χ3v) is 4.95. The lowest BCUT2D eigenvalue weighted by Crippen LogP contribution is -1.93. The van der Waals surface area contributed by atoms with Crippen LogP contribution in [0.3, 0.4) is 0 Å². The maximum absolute atomic E-state index is 2.42. The lowest BCUT2D eigenvalue weighted by molar-refractivity contribution is 0.827. The molecule has 1 aromatic heterocycles. The average molecular weight is 299 g/mol. The number of benzene rings is 3. The summed E-state index contributed by atoms with van der Waals surface area (Å²) in [7, 11) is 0. The Hall–Kier alpha value is -2.54. The van der Waals surface area contributed by atoms with Crippen LogP contribution in [-0.4, -0.2) is 4.57 Å². The van der Waals surface area contributed by atoms with Crippen LogP contribution in [0.5, 0.6) is 0 Å². The molecular weight excluding hydrogens is 278 g/mol. The fraction of sp³-hybridized carbons (Fsp3) is 0.182. The van der Waals surface area contributed by atoms with E-state index in [9.17, 15) is 0 Å². The summed E-state index contributed by atoms with van der Waals surface area (Å²) >= 11 is 0. The Morgan fingerprint density at radius 1 is 0.739 bits per heavy atom. The molecule has 1 heterocycles. The predicted molar refractivity (Wildman–Crippen MR) is 100 cm³/mol. The summed E-state index contributed by atoms with van der Waals surface area (Å²) < 4.78 is 2.42. The van der Waals surface area contributed by atoms with Gasteiger partial charge in [0.2, 0.25) is 0 Å². The summed E-state index contributed by atoms with van der Waals surface area (Å²) in [6.07, 6.45) is 0. The largest absolute Gasteiger partial charge is 0.341 e. The Labute approximate surface area is 137 Å². The molecule has 0 spiro atoms. The maximum Gasteiger partial charge on any atom is 0.0494 e. The molecule has 0 atom stereocenters. The standard InChI is InChI=1S/C22H21N/c1-4-23-20-12-8-7-11-19(20)22-16(3)18(13-14-21(22)23)17-10-6-5-9-15(17)2/h5-14H,4H2,1-3H3. The van der Waals surface area contributed by atoms with Crippen LogP contribution in [0.4, 0.5) is 0 Å². The molecular formula is C22H21N. The van der Waals surface area contributed by atoms with E-state index in [2.05, 4.69) is 86.0 Å². The summed E-state index contributed by atoms with van der Waals surface area (Å²) in [5.74, 6) is 0. The number of nitrogens with zero attached hydrogens (tertiary/aromatic N) is 1. The van der Waals surface area contributed by atoms with Crippen molar-refractivity contribution in [3.63, 3.8) is 0 Å². The number of aryl methyl sites for hydroxylation is 3. The molecule has 1 nitrogen and oxygen atoms in total. The first kappa shape index (κ1) is 14.1. The van der Waals surface area contributed by atoms with E-state index in [0.717, 1.165) is 6.54 Å². The number of aromatic nitrogens is 1. The molecule has 0 saturated carbocycles. The van der Waals surface area contributed by atoms with Crippen LogP contribution >= 0.6 is 0 Å². The fourth-order valence-electron chi connectivity index (χ4n) is 3.82. The molecule has 0 aliphatic rings. The van der Waals surface area contributed by atoms with Crippen molar-refractivity contribution in [2.45, 2.75) is 27.3 Å². The smallest absolute Gasteiger partial charge is 0.0494 e. The van der Waals surface area contributed by atoms with E-state index in [1.807, 2.05) is 0 Å². The number of para-hydroxylation sites is 1. The molecule has 0 N–H and O–H groups in total. The van der Waals surface area contributed by atoms with Crippen LogP contribution < -0.4 is 0 Å². The number of hydrogen-bond acceptors (Lipinski definition) is 0. The highest BCUT2D eigenvalue weighted by Gasteiger charge is 2.14. The first-order valence-corrected chi connectivity index (χ1v) is 8.29. The van der Waals surface area contributed by atoms with Gasteiger partial charge >= 0.3 is 0 Å². The number of hydrogen-bond donors (Lipinski definition) is 0. The molecule has 23 heavy (non-hydrogen) atoms. The maximum atomic E-state index is 2.42. The molecule has 3 aromatic carbocycles. The van der Waals surface area contributed by atoms with Gasteiger partial charge in [0.05, 0.1) is 0 Å². The van der Waals surface area contributed by atoms with E-state index in [1.54, 1.807) is 0 Å². The molecule has 0 aliphatic heterocycles. The molecule has 0 saturated heterocycles. The molecule has 0 bridgehead atoms. The summed E-state index contributed by atoms with van der Waals surface area (Å²) in [5, 5.41) is 2.75. The summed E-state index contributed by atoms with van der Waals surface area (Å²) in [5.41, 5.74) is 8.04. The predicted octanol–water partition coefficient (Wildman–Crippen LogP) is 6.10. The van der Waals surface area contributed by atoms with Crippen molar-refractivity contribution >= 4 is 21.8 Å². The van der Waals surface area contributed by atoms with Gasteiger partial charge in [-0.05, 0) is 55.2 Å². The molecule has 114 valence electrons. The summed E-state index contributed by atoms with van der Waals surface area (Å²) in [6, 6.07) is 22.0. The molecule has 1 heteroatoms. The second-order valence-corrected chi connectivity index (χ2v) is 6.21. The highest BCUT2D eigenvalue weighted by molar-refractivity contribution is 6.11. The van der Waals surface area contributed by atoms with Crippen LogP contribution in [0.15, 0.2) is 60.7 Å². The second-order valence-electron chi connectivity index (χ2n) is 6.21. The molecule has 0 amide bonds. The minimum absolute atomic E-state index is 0.993. The van der Waals surface area contributed by atoms with Gasteiger partial charge in [-0.25, -0.2) is 0 Å². The van der Waals surface area contributed by atoms with Crippen molar-refractivity contribution in [1.82, 2.24) is 4.57 Å². The van der Waals surface area contributed by atoms with E-state index in [0.29, 0.717) is 0 Å². The van der Waals surface area contributed by atoms with Crippen molar-refractivity contribution in [3.8, 4) is 11.1 Å². The fourth-order valence-corrected chi connectivity index (χ4v) is 3.82. The van der Waals surface area contributed by atoms with E-state index in [-0.39, 0.29) is 0 Å². The normalized spacial score (nSPS) is 11.4. The van der Waals surface area contributed by atoms with Gasteiger partial charge in [0.25, 0.3) is 0 Å². The summed E-state index contributed by atoms with van der Waals surface area (Å²) in [4.78, 5) is 0. The summed E-state index contributed by atoms with van der Waals surface area (Å²) in [6.45, 7) is 7.66. The topological polar surface area (TPSA) is 4.93 Å². The van der Waals surface area contributed by atoms with E-state index >= 15 is 0 Å². The first-order valence-electron chi connectivity index (χ1n) is 8.29. The minimum Gasteiger partial charge on any atom is -0.341 e. The van der Waals surface area contributed by atoms with Gasteiger partial charge in [-0.2, -0.15) is 0 Å².